The van der Waals surface area contributed by atoms with Gasteiger partial charge in [-0.05, 0) is 29.5 Å². The molecule has 0 saturated carbocycles. The summed E-state index contributed by atoms with van der Waals surface area (Å²) in [5.74, 6) is -1.64. The molecule has 1 aromatic heterocycles. The molecule has 1 aliphatic rings. The van der Waals surface area contributed by atoms with Gasteiger partial charge in [0.05, 0.1) is 10.4 Å². The Balaban J connectivity index is 1.62. The van der Waals surface area contributed by atoms with Crippen LogP contribution in [0.25, 0.3) is 0 Å². The van der Waals surface area contributed by atoms with Crippen LogP contribution in [0.2, 0.25) is 0 Å². The van der Waals surface area contributed by atoms with Gasteiger partial charge in [-0.1, -0.05) is 32.0 Å². The van der Waals surface area contributed by atoms with Crippen LogP contribution in [0.3, 0.4) is 0 Å². The molecule has 1 saturated heterocycles. The van der Waals surface area contributed by atoms with E-state index in [0.717, 1.165) is 0 Å². The summed E-state index contributed by atoms with van der Waals surface area (Å²) in [5, 5.41) is 4.54. The van der Waals surface area contributed by atoms with E-state index in [1.807, 2.05) is 25.3 Å². The third-order valence-corrected chi connectivity index (χ3v) is 5.81. The summed E-state index contributed by atoms with van der Waals surface area (Å²) >= 11 is 1.40. The lowest BCUT2D eigenvalue weighted by Crippen LogP contribution is -2.57. The molecule has 0 aliphatic carbocycles. The molecule has 1 atom stereocenters. The lowest BCUT2D eigenvalue weighted by Gasteiger charge is -2.37. The first-order chi connectivity index (χ1) is 13.9. The molecule has 6 nitrogen and oxygen atoms in total. The molecule has 1 aliphatic heterocycles. The maximum Gasteiger partial charge on any atom is 0.264 e. The number of amides is 3. The first kappa shape index (κ1) is 21.0. The smallest absolute Gasteiger partial charge is 0.264 e. The minimum Gasteiger partial charge on any atom is -0.340 e. The van der Waals surface area contributed by atoms with Crippen molar-refractivity contribution < 1.29 is 18.8 Å². The highest BCUT2D eigenvalue weighted by Crippen LogP contribution is 2.16. The summed E-state index contributed by atoms with van der Waals surface area (Å²) in [4.78, 5) is 42.0. The zero-order valence-corrected chi connectivity index (χ0v) is 17.2. The van der Waals surface area contributed by atoms with Crippen molar-refractivity contribution >= 4 is 29.1 Å². The summed E-state index contributed by atoms with van der Waals surface area (Å²) in [7, 11) is 0. The number of nitrogens with zero attached hydrogens (tertiary/aromatic N) is 2. The van der Waals surface area contributed by atoms with Gasteiger partial charge in [0.15, 0.2) is 0 Å². The van der Waals surface area contributed by atoms with Crippen LogP contribution < -0.4 is 5.32 Å². The van der Waals surface area contributed by atoms with E-state index in [4.69, 9.17) is 0 Å². The van der Waals surface area contributed by atoms with Crippen LogP contribution >= 0.6 is 11.3 Å². The first-order valence-corrected chi connectivity index (χ1v) is 10.4. The van der Waals surface area contributed by atoms with Crippen molar-refractivity contribution in [1.29, 1.82) is 0 Å². The largest absolute Gasteiger partial charge is 0.340 e. The second-order valence-corrected chi connectivity index (χ2v) is 8.22. The second-order valence-electron chi connectivity index (χ2n) is 7.27. The zero-order chi connectivity index (χ0) is 21.0. The Hall–Kier alpha value is -2.74. The Morgan fingerprint density at radius 1 is 1.00 bits per heavy atom. The van der Waals surface area contributed by atoms with Gasteiger partial charge in [0, 0.05) is 26.2 Å². The van der Waals surface area contributed by atoms with E-state index < -0.39 is 17.8 Å². The lowest BCUT2D eigenvalue weighted by atomic mass is 10.0. The highest BCUT2D eigenvalue weighted by atomic mass is 32.1. The number of carbonyl (C=O) groups is 3. The molecule has 3 rings (SSSR count). The number of thiophene rings is 1. The average molecular weight is 418 g/mol. The maximum absolute atomic E-state index is 13.9. The van der Waals surface area contributed by atoms with Crippen LogP contribution in [0.1, 0.15) is 33.9 Å². The quantitative estimate of drug-likeness (QED) is 0.813. The third kappa shape index (κ3) is 4.82. The molecule has 1 fully saturated rings. The van der Waals surface area contributed by atoms with Gasteiger partial charge in [0.25, 0.3) is 11.8 Å². The Labute approximate surface area is 173 Å². The molecule has 1 unspecified atom stereocenters. The molecule has 3 amide bonds. The summed E-state index contributed by atoms with van der Waals surface area (Å²) in [5.41, 5.74) is -0.0858. The summed E-state index contributed by atoms with van der Waals surface area (Å²) in [6.45, 7) is 5.34. The van der Waals surface area contributed by atoms with E-state index in [2.05, 4.69) is 5.32 Å². The monoisotopic (exact) mass is 417 g/mol. The number of carbonyl (C=O) groups excluding carboxylic acids is 3. The number of benzene rings is 1. The summed E-state index contributed by atoms with van der Waals surface area (Å²) < 4.78 is 13.9. The fourth-order valence-corrected chi connectivity index (χ4v) is 3.95. The van der Waals surface area contributed by atoms with Gasteiger partial charge in [-0.15, -0.1) is 11.3 Å². The summed E-state index contributed by atoms with van der Waals surface area (Å²) in [6, 6.07) is 8.55. The summed E-state index contributed by atoms with van der Waals surface area (Å²) in [6.07, 6.45) is 0. The Kier molecular flexibility index (Phi) is 6.64. The van der Waals surface area contributed by atoms with Gasteiger partial charge < -0.3 is 15.1 Å². The van der Waals surface area contributed by atoms with Crippen LogP contribution in [0, 0.1) is 11.7 Å². The van der Waals surface area contributed by atoms with Crippen molar-refractivity contribution in [3.8, 4) is 0 Å². The fourth-order valence-electron chi connectivity index (χ4n) is 3.26. The number of halogens is 1. The molecule has 29 heavy (non-hydrogen) atoms. The first-order valence-electron chi connectivity index (χ1n) is 9.55. The minimum atomic E-state index is -0.762. The molecular formula is C21H24FN3O3S. The number of nitrogens with one attached hydrogen (secondary N) is 1. The molecule has 1 N–H and O–H groups in total. The zero-order valence-electron chi connectivity index (χ0n) is 16.4. The van der Waals surface area contributed by atoms with Gasteiger partial charge in [0.2, 0.25) is 5.91 Å². The van der Waals surface area contributed by atoms with Gasteiger partial charge in [0.1, 0.15) is 11.9 Å². The SMILES string of the molecule is CC(C)C(NC(=O)c1ccccc1F)C(=O)N1CCN(C(=O)c2cccs2)CC1. The van der Waals surface area contributed by atoms with E-state index in [1.54, 1.807) is 21.9 Å². The van der Waals surface area contributed by atoms with Crippen molar-refractivity contribution in [3.63, 3.8) is 0 Å². The van der Waals surface area contributed by atoms with Gasteiger partial charge in [-0.2, -0.15) is 0 Å². The third-order valence-electron chi connectivity index (χ3n) is 4.95. The molecular weight excluding hydrogens is 393 g/mol. The number of rotatable bonds is 5. The molecule has 154 valence electrons. The Morgan fingerprint density at radius 2 is 1.66 bits per heavy atom. The van der Waals surface area contributed by atoms with Gasteiger partial charge in [-0.25, -0.2) is 4.39 Å². The molecule has 8 heteroatoms. The lowest BCUT2D eigenvalue weighted by molar-refractivity contribution is -0.135. The van der Waals surface area contributed by atoms with Crippen LogP contribution in [0.15, 0.2) is 41.8 Å². The van der Waals surface area contributed by atoms with Crippen LogP contribution in [-0.4, -0.2) is 59.7 Å². The highest BCUT2D eigenvalue weighted by Gasteiger charge is 2.32. The topological polar surface area (TPSA) is 69.7 Å². The van der Waals surface area contributed by atoms with E-state index in [-0.39, 0.29) is 23.3 Å². The molecule has 0 spiro atoms. The maximum atomic E-state index is 13.9. The van der Waals surface area contributed by atoms with E-state index in [9.17, 15) is 18.8 Å². The number of piperazine rings is 1. The molecule has 2 heterocycles. The highest BCUT2D eigenvalue weighted by molar-refractivity contribution is 7.12. The fraction of sp³-hybridized carbons (Fsp3) is 0.381. The van der Waals surface area contributed by atoms with Crippen LogP contribution in [-0.2, 0) is 4.79 Å². The number of hydrogen-bond acceptors (Lipinski definition) is 4. The molecule has 0 bridgehead atoms. The van der Waals surface area contributed by atoms with Crippen molar-refractivity contribution in [2.75, 3.05) is 26.2 Å². The average Bonchev–Trinajstić information content (AvgIpc) is 3.26. The van der Waals surface area contributed by atoms with Gasteiger partial charge in [-0.3, -0.25) is 14.4 Å². The molecule has 1 aromatic carbocycles. The van der Waals surface area contributed by atoms with Crippen molar-refractivity contribution in [2.24, 2.45) is 5.92 Å². The van der Waals surface area contributed by atoms with E-state index >= 15 is 0 Å². The normalized spacial score (nSPS) is 15.3. The van der Waals surface area contributed by atoms with E-state index in [1.165, 1.54) is 29.5 Å². The van der Waals surface area contributed by atoms with E-state index in [0.29, 0.717) is 31.1 Å². The Bertz CT molecular complexity index is 877. The van der Waals surface area contributed by atoms with Crippen molar-refractivity contribution in [2.45, 2.75) is 19.9 Å². The van der Waals surface area contributed by atoms with Gasteiger partial charge >= 0.3 is 0 Å². The predicted octanol–water partition coefficient (Wildman–Crippen LogP) is 2.63. The second kappa shape index (κ2) is 9.17. The van der Waals surface area contributed by atoms with Crippen LogP contribution in [0.5, 0.6) is 0 Å². The number of hydrogen-bond donors (Lipinski definition) is 1. The van der Waals surface area contributed by atoms with Crippen molar-refractivity contribution in [3.05, 3.63) is 58.0 Å². The minimum absolute atomic E-state index is 0.0274. The van der Waals surface area contributed by atoms with Crippen LogP contribution in [0.4, 0.5) is 4.39 Å². The Morgan fingerprint density at radius 3 is 2.24 bits per heavy atom. The molecule has 2 aromatic rings. The van der Waals surface area contributed by atoms with Crippen molar-refractivity contribution in [1.82, 2.24) is 15.1 Å². The molecule has 0 radical (unpaired) electrons. The predicted molar refractivity (Wildman–Crippen MR) is 109 cm³/mol. The standard InChI is InChI=1S/C21H24FN3O3S/c1-14(2)18(23-19(26)15-6-3-4-7-16(15)22)21(28)25-11-9-24(10-12-25)20(27)17-8-5-13-29-17/h3-8,13-14,18H,9-12H2,1-2H3,(H,23,26).